The maximum atomic E-state index is 13.0. The molecule has 1 fully saturated rings. The molecule has 1 saturated heterocycles. The van der Waals surface area contributed by atoms with Crippen molar-refractivity contribution >= 4 is 18.0 Å². The zero-order valence-corrected chi connectivity index (χ0v) is 19.4. The number of fused-ring (bicyclic) bond motifs is 3. The molecule has 0 bridgehead atoms. The first-order valence-electron chi connectivity index (χ1n) is 11.6. The number of rotatable bonds is 8. The molecule has 180 valence electrons. The van der Waals surface area contributed by atoms with Crippen LogP contribution >= 0.6 is 0 Å². The summed E-state index contributed by atoms with van der Waals surface area (Å²) in [4.78, 5) is 38.3. The number of likely N-dealkylation sites (N-methyl/N-ethyl adjacent to an activating group) is 1. The molecule has 34 heavy (non-hydrogen) atoms. The predicted octanol–water partition coefficient (Wildman–Crippen LogP) is 3.25. The third-order valence-electron chi connectivity index (χ3n) is 6.59. The number of hydrogen-bond acceptors (Lipinski definition) is 5. The molecule has 0 spiro atoms. The second-order valence-electron chi connectivity index (χ2n) is 8.77. The van der Waals surface area contributed by atoms with Gasteiger partial charge in [0.2, 0.25) is 0 Å². The van der Waals surface area contributed by atoms with Gasteiger partial charge < -0.3 is 24.8 Å². The van der Waals surface area contributed by atoms with Crippen LogP contribution in [0.1, 0.15) is 37.3 Å². The van der Waals surface area contributed by atoms with Crippen LogP contribution in [0.15, 0.2) is 48.5 Å². The third kappa shape index (κ3) is 4.77. The van der Waals surface area contributed by atoms with E-state index in [9.17, 15) is 19.5 Å². The van der Waals surface area contributed by atoms with Gasteiger partial charge in [-0.2, -0.15) is 0 Å². The predicted molar refractivity (Wildman–Crippen MR) is 125 cm³/mol. The van der Waals surface area contributed by atoms with E-state index in [0.29, 0.717) is 19.6 Å². The number of aliphatic carboxylic acids is 1. The van der Waals surface area contributed by atoms with E-state index in [0.717, 1.165) is 22.3 Å². The summed E-state index contributed by atoms with van der Waals surface area (Å²) in [5, 5.41) is 12.0. The number of benzene rings is 2. The molecule has 1 heterocycles. The molecule has 2 aliphatic rings. The molecular formula is C26H30N2O6. The van der Waals surface area contributed by atoms with Crippen molar-refractivity contribution < 1.29 is 29.0 Å². The minimum absolute atomic E-state index is 0.0523. The van der Waals surface area contributed by atoms with Crippen molar-refractivity contribution in [1.29, 1.82) is 0 Å². The van der Waals surface area contributed by atoms with Crippen LogP contribution in [-0.4, -0.2) is 66.4 Å². The Labute approximate surface area is 198 Å². The molecule has 2 N–H and O–H groups in total. The molecule has 1 aliphatic carbocycles. The lowest BCUT2D eigenvalue weighted by molar-refractivity contribution is -0.146. The summed E-state index contributed by atoms with van der Waals surface area (Å²) in [5.41, 5.74) is 4.55. The monoisotopic (exact) mass is 466 g/mol. The van der Waals surface area contributed by atoms with E-state index in [4.69, 9.17) is 9.47 Å². The fraction of sp³-hybridized carbons (Fsp3) is 0.423. The number of nitrogens with zero attached hydrogens (tertiary/aromatic N) is 1. The van der Waals surface area contributed by atoms with Crippen LogP contribution in [-0.2, 0) is 19.1 Å². The van der Waals surface area contributed by atoms with E-state index < -0.39 is 30.1 Å². The first-order chi connectivity index (χ1) is 16.4. The van der Waals surface area contributed by atoms with Crippen LogP contribution in [0.4, 0.5) is 4.79 Å². The van der Waals surface area contributed by atoms with Gasteiger partial charge in [0.1, 0.15) is 6.61 Å². The third-order valence-corrected chi connectivity index (χ3v) is 6.59. The number of carboxylic acids is 1. The van der Waals surface area contributed by atoms with E-state index in [1.807, 2.05) is 24.3 Å². The summed E-state index contributed by atoms with van der Waals surface area (Å²) in [5.74, 6) is -2.04. The quantitative estimate of drug-likeness (QED) is 0.619. The van der Waals surface area contributed by atoms with Crippen molar-refractivity contribution in [2.45, 2.75) is 38.3 Å². The smallest absolute Gasteiger partial charge is 0.407 e. The maximum absolute atomic E-state index is 13.0. The van der Waals surface area contributed by atoms with E-state index in [1.54, 1.807) is 13.8 Å². The summed E-state index contributed by atoms with van der Waals surface area (Å²) < 4.78 is 11.2. The van der Waals surface area contributed by atoms with Gasteiger partial charge in [-0.05, 0) is 35.6 Å². The van der Waals surface area contributed by atoms with Crippen LogP contribution in [0, 0.1) is 5.92 Å². The van der Waals surface area contributed by atoms with Gasteiger partial charge in [0.25, 0.3) is 5.91 Å². The van der Waals surface area contributed by atoms with Crippen molar-refractivity contribution in [3.8, 4) is 11.1 Å². The number of alkyl carbamates (subject to hydrolysis) is 1. The lowest BCUT2D eigenvalue weighted by atomic mass is 9.98. The molecule has 8 nitrogen and oxygen atoms in total. The highest BCUT2D eigenvalue weighted by Crippen LogP contribution is 2.44. The van der Waals surface area contributed by atoms with Gasteiger partial charge >= 0.3 is 12.1 Å². The largest absolute Gasteiger partial charge is 0.481 e. The second kappa shape index (κ2) is 10.3. The summed E-state index contributed by atoms with van der Waals surface area (Å²) >= 11 is 0. The summed E-state index contributed by atoms with van der Waals surface area (Å²) in [6.45, 7) is 4.30. The number of hydrogen-bond donors (Lipinski definition) is 2. The minimum Gasteiger partial charge on any atom is -0.481 e. The van der Waals surface area contributed by atoms with Crippen molar-refractivity contribution in [3.63, 3.8) is 0 Å². The molecular weight excluding hydrogens is 436 g/mol. The Morgan fingerprint density at radius 1 is 1.12 bits per heavy atom. The molecule has 0 aromatic heterocycles. The van der Waals surface area contributed by atoms with Crippen LogP contribution in [0.2, 0.25) is 0 Å². The number of carboxylic acid groups (broad SMARTS) is 1. The van der Waals surface area contributed by atoms with Crippen LogP contribution in [0.25, 0.3) is 11.1 Å². The van der Waals surface area contributed by atoms with Crippen LogP contribution < -0.4 is 5.32 Å². The first-order valence-corrected chi connectivity index (χ1v) is 11.6. The van der Waals surface area contributed by atoms with Gasteiger partial charge in [0.05, 0.1) is 12.0 Å². The second-order valence-corrected chi connectivity index (χ2v) is 8.77. The van der Waals surface area contributed by atoms with Crippen molar-refractivity contribution in [1.82, 2.24) is 10.2 Å². The van der Waals surface area contributed by atoms with Gasteiger partial charge in [-0.15, -0.1) is 0 Å². The number of nitrogens with one attached hydrogen (secondary N) is 1. The Morgan fingerprint density at radius 3 is 2.32 bits per heavy atom. The van der Waals surface area contributed by atoms with Crippen LogP contribution in [0.3, 0.4) is 0 Å². The molecule has 1 aliphatic heterocycles. The fourth-order valence-electron chi connectivity index (χ4n) is 4.74. The minimum atomic E-state index is -0.966. The van der Waals surface area contributed by atoms with Gasteiger partial charge in [-0.25, -0.2) is 4.79 Å². The Morgan fingerprint density at radius 2 is 1.74 bits per heavy atom. The Balaban J connectivity index is 1.37. The Bertz CT molecular complexity index is 1030. The lowest BCUT2D eigenvalue weighted by Gasteiger charge is -2.28. The van der Waals surface area contributed by atoms with Gasteiger partial charge in [-0.3, -0.25) is 9.59 Å². The molecule has 2 aromatic carbocycles. The van der Waals surface area contributed by atoms with Crippen LogP contribution in [0.5, 0.6) is 0 Å². The van der Waals surface area contributed by atoms with Crippen molar-refractivity contribution in [2.24, 2.45) is 5.92 Å². The van der Waals surface area contributed by atoms with Gasteiger partial charge in [-0.1, -0.05) is 55.5 Å². The van der Waals surface area contributed by atoms with Gasteiger partial charge in [0.15, 0.2) is 6.10 Å². The molecule has 0 saturated carbocycles. The van der Waals surface area contributed by atoms with E-state index in [1.165, 1.54) is 4.90 Å². The molecule has 2 amide bonds. The Kier molecular flexibility index (Phi) is 7.17. The molecule has 8 heteroatoms. The molecule has 1 unspecified atom stereocenters. The lowest BCUT2D eigenvalue weighted by Crippen LogP contribution is -2.51. The van der Waals surface area contributed by atoms with E-state index in [-0.39, 0.29) is 25.0 Å². The average Bonchev–Trinajstić information content (AvgIpc) is 3.43. The molecule has 2 aromatic rings. The van der Waals surface area contributed by atoms with E-state index in [2.05, 4.69) is 29.6 Å². The highest BCUT2D eigenvalue weighted by Gasteiger charge is 2.38. The maximum Gasteiger partial charge on any atom is 0.407 e. The Hall–Kier alpha value is -3.39. The standard InChI is InChI=1S/C26H30N2O6/c1-3-28(14-16(2)25(30)31)24(29)23-22(12-13-33-23)27-26(32)34-15-21-19-10-6-4-8-17(19)18-9-5-7-11-20(18)21/h4-11,16,21-23H,3,12-15H2,1-2H3,(H,27,32)(H,30,31)/t16?,22-,23+/m1/s1. The zero-order chi connectivity index (χ0) is 24.2. The highest BCUT2D eigenvalue weighted by molar-refractivity contribution is 5.84. The summed E-state index contributed by atoms with van der Waals surface area (Å²) in [6.07, 6.45) is -0.981. The molecule has 3 atom stereocenters. The SMILES string of the molecule is CCN(CC(C)C(=O)O)C(=O)[C@H]1OCC[C@H]1NC(=O)OCC1c2ccccc2-c2ccccc21. The first kappa shape index (κ1) is 23.8. The number of ether oxygens (including phenoxy) is 2. The summed E-state index contributed by atoms with van der Waals surface area (Å²) in [6, 6.07) is 15.7. The van der Waals surface area contributed by atoms with Crippen molar-refractivity contribution in [3.05, 3.63) is 59.7 Å². The van der Waals surface area contributed by atoms with Crippen molar-refractivity contribution in [2.75, 3.05) is 26.3 Å². The highest BCUT2D eigenvalue weighted by atomic mass is 16.6. The van der Waals surface area contributed by atoms with E-state index >= 15 is 0 Å². The average molecular weight is 467 g/mol. The molecule has 4 rings (SSSR count). The fourth-order valence-corrected chi connectivity index (χ4v) is 4.74. The number of carbonyl (C=O) groups is 3. The summed E-state index contributed by atoms with van der Waals surface area (Å²) in [7, 11) is 0. The zero-order valence-electron chi connectivity index (χ0n) is 19.4. The topological polar surface area (TPSA) is 105 Å². The normalized spacial score (nSPS) is 19.7. The number of carbonyl (C=O) groups excluding carboxylic acids is 2. The molecule has 0 radical (unpaired) electrons. The number of amides is 2. The van der Waals surface area contributed by atoms with Gasteiger partial charge in [0, 0.05) is 25.6 Å².